The first kappa shape index (κ1) is 43.2. The fourth-order valence-corrected chi connectivity index (χ4v) is 2.47. The predicted molar refractivity (Wildman–Crippen MR) is 169 cm³/mol. The summed E-state index contributed by atoms with van der Waals surface area (Å²) in [6.45, 7) is 20.9. The molecule has 0 bridgehead atoms. The summed E-state index contributed by atoms with van der Waals surface area (Å²) >= 11 is 2.23. The molecular weight excluding hydrogens is 590 g/mol. The maximum atomic E-state index is 11.5. The molecule has 0 rings (SSSR count). The van der Waals surface area contributed by atoms with E-state index in [1.165, 1.54) is 0 Å². The summed E-state index contributed by atoms with van der Waals surface area (Å²) in [4.78, 5) is 53.3. The average Bonchev–Trinajstić information content (AvgIpc) is 2.67. The van der Waals surface area contributed by atoms with Crippen LogP contribution >= 0.6 is 23.5 Å². The zero-order chi connectivity index (χ0) is 34.1. The quantitative estimate of drug-likeness (QED) is 0.131. The Kier molecular flexibility index (Phi) is 19.6. The van der Waals surface area contributed by atoms with Crippen molar-refractivity contribution in [1.82, 2.24) is 10.6 Å². The van der Waals surface area contributed by atoms with Gasteiger partial charge in [-0.15, -0.1) is 0 Å². The predicted octanol–water partition coefficient (Wildman–Crippen LogP) is 5.17. The minimum absolute atomic E-state index is 0.128. The molecule has 0 unspecified atom stereocenters. The Morgan fingerprint density at radius 3 is 0.952 bits per heavy atom. The van der Waals surface area contributed by atoms with Gasteiger partial charge in [-0.1, -0.05) is 23.5 Å². The zero-order valence-corrected chi connectivity index (χ0v) is 28.8. The number of carbonyl (C=O) groups is 4. The van der Waals surface area contributed by atoms with E-state index in [0.29, 0.717) is 0 Å². The van der Waals surface area contributed by atoms with E-state index in [2.05, 4.69) is 32.1 Å². The van der Waals surface area contributed by atoms with Crippen LogP contribution in [0.2, 0.25) is 0 Å². The fourth-order valence-electron chi connectivity index (χ4n) is 1.77. The molecule has 0 saturated heterocycles. The monoisotopic (exact) mass is 639 g/mol. The van der Waals surface area contributed by atoms with Gasteiger partial charge < -0.3 is 30.4 Å². The van der Waals surface area contributed by atoms with Gasteiger partial charge in [-0.2, -0.15) is 9.98 Å². The number of nitrogens with zero attached hydrogens (tertiary/aromatic N) is 2. The van der Waals surface area contributed by atoms with E-state index >= 15 is 0 Å². The van der Waals surface area contributed by atoms with Crippen molar-refractivity contribution >= 4 is 64.2 Å². The highest BCUT2D eigenvalue weighted by Crippen LogP contribution is 2.12. The van der Waals surface area contributed by atoms with Gasteiger partial charge in [0, 0.05) is 0 Å². The molecular formula is C25H49N7O8S2. The second-order valence-corrected chi connectivity index (χ2v) is 13.5. The summed E-state index contributed by atoms with van der Waals surface area (Å²) in [6, 6.07) is 0. The third-order valence-corrected chi connectivity index (χ3v) is 3.94. The summed E-state index contributed by atoms with van der Waals surface area (Å²) in [7, 11) is 0. The van der Waals surface area contributed by atoms with Crippen molar-refractivity contribution in [2.75, 3.05) is 12.5 Å². The van der Waals surface area contributed by atoms with Crippen molar-refractivity contribution < 1.29 is 38.1 Å². The minimum Gasteiger partial charge on any atom is -0.444 e. The Morgan fingerprint density at radius 2 is 0.786 bits per heavy atom. The smallest absolute Gasteiger partial charge is 0.436 e. The molecule has 4 amide bonds. The van der Waals surface area contributed by atoms with Gasteiger partial charge in [0.15, 0.2) is 16.3 Å². The highest BCUT2D eigenvalue weighted by atomic mass is 32.2. The van der Waals surface area contributed by atoms with Gasteiger partial charge in [0.2, 0.25) is 0 Å². The van der Waals surface area contributed by atoms with E-state index in [1.54, 1.807) is 95.6 Å². The average molecular weight is 640 g/mol. The molecule has 0 aromatic heterocycles. The first-order valence-corrected chi connectivity index (χ1v) is 14.8. The summed E-state index contributed by atoms with van der Waals surface area (Å²) < 4.78 is 20.2. The number of nitrogens with two attached hydrogens (primary N) is 2. The van der Waals surface area contributed by atoms with Crippen LogP contribution < -0.4 is 22.1 Å². The zero-order valence-electron chi connectivity index (χ0n) is 27.1. The molecule has 244 valence electrons. The van der Waals surface area contributed by atoms with Crippen LogP contribution in [-0.4, -0.2) is 75.6 Å². The molecule has 0 heterocycles. The van der Waals surface area contributed by atoms with E-state index in [0.717, 1.165) is 23.5 Å². The van der Waals surface area contributed by atoms with Crippen molar-refractivity contribution in [1.29, 1.82) is 5.41 Å². The lowest BCUT2D eigenvalue weighted by Gasteiger charge is -2.20. The van der Waals surface area contributed by atoms with Crippen molar-refractivity contribution in [3.8, 4) is 0 Å². The maximum absolute atomic E-state index is 11.5. The number of nitrogens with one attached hydrogen (secondary N) is 3. The van der Waals surface area contributed by atoms with Crippen LogP contribution in [0, 0.1) is 5.41 Å². The summed E-state index contributed by atoms with van der Waals surface area (Å²) in [5.74, 6) is -0.333. The van der Waals surface area contributed by atoms with Gasteiger partial charge in [-0.25, -0.2) is 19.2 Å². The van der Waals surface area contributed by atoms with E-state index in [4.69, 9.17) is 24.4 Å². The van der Waals surface area contributed by atoms with Gasteiger partial charge in [0.1, 0.15) is 22.4 Å². The molecule has 0 aromatic rings. The molecule has 42 heavy (non-hydrogen) atoms. The van der Waals surface area contributed by atoms with Crippen molar-refractivity contribution in [3.63, 3.8) is 0 Å². The maximum Gasteiger partial charge on any atom is 0.436 e. The molecule has 0 spiro atoms. The minimum atomic E-state index is -0.757. The van der Waals surface area contributed by atoms with E-state index < -0.39 is 46.8 Å². The number of alkyl carbamates (subject to hydrolysis) is 2. The molecule has 0 fully saturated rings. The van der Waals surface area contributed by atoms with E-state index in [1.807, 2.05) is 0 Å². The molecule has 0 atom stereocenters. The topological polar surface area (TPSA) is 230 Å². The van der Waals surface area contributed by atoms with Crippen molar-refractivity contribution in [3.05, 3.63) is 0 Å². The number of aliphatic imine (C=N–C) groups is 2. The Balaban J connectivity index is -0.000000641. The van der Waals surface area contributed by atoms with E-state index in [9.17, 15) is 19.2 Å². The molecule has 0 aromatic carbocycles. The van der Waals surface area contributed by atoms with Crippen molar-refractivity contribution in [2.24, 2.45) is 21.5 Å². The van der Waals surface area contributed by atoms with Crippen LogP contribution in [0.5, 0.6) is 0 Å². The third kappa shape index (κ3) is 34.8. The van der Waals surface area contributed by atoms with Gasteiger partial charge in [-0.05, 0) is 95.6 Å². The van der Waals surface area contributed by atoms with Gasteiger partial charge in [0.25, 0.3) is 0 Å². The molecule has 0 radical (unpaired) electrons. The number of amides is 4. The molecule has 0 aliphatic heterocycles. The Bertz CT molecular complexity index is 899. The number of hydrogen-bond donors (Lipinski definition) is 5. The third-order valence-electron chi connectivity index (χ3n) is 2.78. The fraction of sp³-hybridized carbons (Fsp3) is 0.720. The molecule has 17 heteroatoms. The Hall–Kier alpha value is -3.21. The highest BCUT2D eigenvalue weighted by molar-refractivity contribution is 8.13. The number of guanidine groups is 1. The second-order valence-electron chi connectivity index (χ2n) is 11.9. The molecule has 0 saturated carbocycles. The first-order chi connectivity index (χ1) is 18.6. The molecule has 7 N–H and O–H groups in total. The van der Waals surface area contributed by atoms with Gasteiger partial charge in [-0.3, -0.25) is 16.0 Å². The molecule has 0 aliphatic carbocycles. The van der Waals surface area contributed by atoms with Crippen LogP contribution in [0.15, 0.2) is 9.98 Å². The lowest BCUT2D eigenvalue weighted by molar-refractivity contribution is 0.0547. The Labute approximate surface area is 257 Å². The second kappa shape index (κ2) is 19.1. The first-order valence-electron chi connectivity index (χ1n) is 12.4. The number of hydrogen-bond acceptors (Lipinski definition) is 11. The van der Waals surface area contributed by atoms with Crippen LogP contribution in [0.3, 0.4) is 0 Å². The van der Waals surface area contributed by atoms with Gasteiger partial charge in [0.05, 0.1) is 0 Å². The standard InChI is InChI=1S/2C12H22N2O4S.CH5N3/c2*1-11(2,3)17-9(15)13-8(19-7)14-10(16)18-12(4,5)6;2-1(3)4/h2*1-7H3,(H,13,14,15,16);(H5,2,3,4). The Morgan fingerprint density at radius 1 is 0.571 bits per heavy atom. The lowest BCUT2D eigenvalue weighted by atomic mass is 10.2. The summed E-state index contributed by atoms with van der Waals surface area (Å²) in [5.41, 5.74) is 6.46. The van der Waals surface area contributed by atoms with Crippen LogP contribution in [0.25, 0.3) is 0 Å². The number of amidine groups is 2. The highest BCUT2D eigenvalue weighted by Gasteiger charge is 2.21. The number of rotatable bonds is 0. The largest absolute Gasteiger partial charge is 0.444 e. The summed E-state index contributed by atoms with van der Waals surface area (Å²) in [6.07, 6.45) is 0.523. The number of carbonyl (C=O) groups excluding carboxylic acids is 4. The van der Waals surface area contributed by atoms with Crippen LogP contribution in [0.1, 0.15) is 83.1 Å². The number of ether oxygens (including phenoxy) is 4. The van der Waals surface area contributed by atoms with Gasteiger partial charge >= 0.3 is 24.4 Å². The summed E-state index contributed by atoms with van der Waals surface area (Å²) in [5, 5.41) is 11.1. The van der Waals surface area contributed by atoms with E-state index in [-0.39, 0.29) is 16.3 Å². The number of thioether (sulfide) groups is 2. The van der Waals surface area contributed by atoms with Crippen LogP contribution in [0.4, 0.5) is 19.2 Å². The molecule has 15 nitrogen and oxygen atoms in total. The van der Waals surface area contributed by atoms with Crippen LogP contribution in [-0.2, 0) is 18.9 Å². The lowest BCUT2D eigenvalue weighted by Crippen LogP contribution is -2.35. The molecule has 0 aliphatic rings. The SMILES string of the molecule is CSC(=NC(=O)OC(C)(C)C)NC(=O)OC(C)(C)C.CSC(=NC(=O)OC(C)(C)C)NC(=O)OC(C)(C)C.N=C(N)N. The van der Waals surface area contributed by atoms with Crippen molar-refractivity contribution in [2.45, 2.75) is 105 Å². The normalized spacial score (nSPS) is 12.2.